The number of hydrogen-bond donors (Lipinski definition) is 1. The van der Waals surface area contributed by atoms with Crippen molar-refractivity contribution in [2.24, 2.45) is 0 Å². The van der Waals surface area contributed by atoms with Gasteiger partial charge in [-0.25, -0.2) is 8.42 Å². The predicted molar refractivity (Wildman–Crippen MR) is 97.7 cm³/mol. The number of aryl methyl sites for hydroxylation is 2. The first-order chi connectivity index (χ1) is 11.9. The van der Waals surface area contributed by atoms with Gasteiger partial charge < -0.3 is 4.52 Å². The smallest absolute Gasteiger partial charge is 0.258 e. The number of sulfonamides is 1. The Labute approximate surface area is 147 Å². The van der Waals surface area contributed by atoms with E-state index in [1.165, 1.54) is 5.56 Å². The van der Waals surface area contributed by atoms with E-state index < -0.39 is 10.0 Å². The number of benzene rings is 2. The van der Waals surface area contributed by atoms with Gasteiger partial charge in [-0.15, -0.1) is 0 Å². The maximum Gasteiger partial charge on any atom is 0.258 e. The van der Waals surface area contributed by atoms with Crippen LogP contribution in [0.2, 0.25) is 0 Å². The lowest BCUT2D eigenvalue weighted by atomic mass is 10.1. The second-order valence-corrected chi connectivity index (χ2v) is 7.82. The lowest BCUT2D eigenvalue weighted by molar-refractivity contribution is 0.432. The van der Waals surface area contributed by atoms with Gasteiger partial charge in [-0.1, -0.05) is 11.2 Å². The molecule has 0 saturated carbocycles. The number of anilines is 1. The van der Waals surface area contributed by atoms with Gasteiger partial charge in [0.2, 0.25) is 15.8 Å². The first-order valence-electron chi connectivity index (χ1n) is 7.90. The van der Waals surface area contributed by atoms with E-state index in [0.717, 1.165) is 16.7 Å². The van der Waals surface area contributed by atoms with E-state index in [4.69, 9.17) is 4.52 Å². The third-order valence-corrected chi connectivity index (χ3v) is 5.28. The molecule has 0 bridgehead atoms. The molecule has 0 aliphatic carbocycles. The number of hydrogen-bond acceptors (Lipinski definition) is 5. The maximum atomic E-state index is 11.6. The zero-order valence-electron chi connectivity index (χ0n) is 14.3. The molecule has 0 unspecified atom stereocenters. The van der Waals surface area contributed by atoms with Gasteiger partial charge in [-0.3, -0.25) is 4.72 Å². The highest BCUT2D eigenvalue weighted by atomic mass is 32.2. The Morgan fingerprint density at radius 1 is 1.00 bits per heavy atom. The van der Waals surface area contributed by atoms with Gasteiger partial charge in [0, 0.05) is 16.8 Å². The molecule has 6 nitrogen and oxygen atoms in total. The Kier molecular flexibility index (Phi) is 4.59. The van der Waals surface area contributed by atoms with Crippen molar-refractivity contribution in [2.75, 3.05) is 10.5 Å². The molecule has 1 N–H and O–H groups in total. The fraction of sp³-hybridized carbons (Fsp3) is 0.222. The molecule has 0 spiro atoms. The lowest BCUT2D eigenvalue weighted by Crippen LogP contribution is -2.14. The predicted octanol–water partition coefficient (Wildman–Crippen LogP) is 3.78. The highest BCUT2D eigenvalue weighted by Crippen LogP contribution is 2.25. The molecular weight excluding hydrogens is 338 g/mol. The van der Waals surface area contributed by atoms with Gasteiger partial charge in [0.05, 0.1) is 5.75 Å². The fourth-order valence-corrected chi connectivity index (χ4v) is 2.91. The molecule has 25 heavy (non-hydrogen) atoms. The van der Waals surface area contributed by atoms with Gasteiger partial charge in [0.25, 0.3) is 5.89 Å². The fourth-order valence-electron chi connectivity index (χ4n) is 2.27. The summed E-state index contributed by atoms with van der Waals surface area (Å²) in [7, 11) is -3.29. The van der Waals surface area contributed by atoms with Crippen LogP contribution in [0.25, 0.3) is 22.8 Å². The van der Waals surface area contributed by atoms with Crippen molar-refractivity contribution < 1.29 is 12.9 Å². The summed E-state index contributed by atoms with van der Waals surface area (Å²) in [5, 5.41) is 4.01. The van der Waals surface area contributed by atoms with Crippen LogP contribution in [0.5, 0.6) is 0 Å². The van der Waals surface area contributed by atoms with E-state index in [0.29, 0.717) is 17.4 Å². The third-order valence-electron chi connectivity index (χ3n) is 3.98. The van der Waals surface area contributed by atoms with Crippen molar-refractivity contribution >= 4 is 15.7 Å². The molecule has 0 fully saturated rings. The first-order valence-corrected chi connectivity index (χ1v) is 9.55. The van der Waals surface area contributed by atoms with Gasteiger partial charge in [0.15, 0.2) is 0 Å². The lowest BCUT2D eigenvalue weighted by Gasteiger charge is -2.05. The van der Waals surface area contributed by atoms with Crippen LogP contribution in [0.1, 0.15) is 18.1 Å². The van der Waals surface area contributed by atoms with Crippen LogP contribution in [0, 0.1) is 13.8 Å². The Bertz CT molecular complexity index is 993. The van der Waals surface area contributed by atoms with Gasteiger partial charge in [-0.2, -0.15) is 4.98 Å². The van der Waals surface area contributed by atoms with Crippen LogP contribution >= 0.6 is 0 Å². The number of rotatable bonds is 5. The van der Waals surface area contributed by atoms with E-state index in [1.54, 1.807) is 31.2 Å². The molecule has 0 atom stereocenters. The van der Waals surface area contributed by atoms with E-state index in [-0.39, 0.29) is 5.75 Å². The highest BCUT2D eigenvalue weighted by molar-refractivity contribution is 7.92. The van der Waals surface area contributed by atoms with Gasteiger partial charge in [0.1, 0.15) is 0 Å². The molecule has 0 aliphatic heterocycles. The standard InChI is InChI=1S/C18H19N3O3S/c1-4-25(22,23)21-16-9-7-14(8-10-16)17-19-18(24-20-17)15-6-5-12(2)13(3)11-15/h5-11,21H,4H2,1-3H3. The molecule has 0 radical (unpaired) electrons. The Morgan fingerprint density at radius 2 is 1.68 bits per heavy atom. The van der Waals surface area contributed by atoms with E-state index in [2.05, 4.69) is 14.9 Å². The summed E-state index contributed by atoms with van der Waals surface area (Å²) >= 11 is 0. The molecule has 7 heteroatoms. The van der Waals surface area contributed by atoms with Crippen LogP contribution in [0.15, 0.2) is 47.0 Å². The van der Waals surface area contributed by atoms with Crippen LogP contribution < -0.4 is 4.72 Å². The number of aromatic nitrogens is 2. The van der Waals surface area contributed by atoms with Crippen LogP contribution in [-0.2, 0) is 10.0 Å². The summed E-state index contributed by atoms with van der Waals surface area (Å²) in [5.41, 5.74) is 4.48. The average Bonchev–Trinajstić information content (AvgIpc) is 3.08. The average molecular weight is 357 g/mol. The van der Waals surface area contributed by atoms with Crippen molar-refractivity contribution in [3.8, 4) is 22.8 Å². The number of nitrogens with zero attached hydrogens (tertiary/aromatic N) is 2. The van der Waals surface area contributed by atoms with E-state index in [9.17, 15) is 8.42 Å². The summed E-state index contributed by atoms with van der Waals surface area (Å²) < 4.78 is 31.0. The zero-order valence-corrected chi connectivity index (χ0v) is 15.1. The van der Waals surface area contributed by atoms with E-state index in [1.807, 2.05) is 32.0 Å². The number of nitrogens with one attached hydrogen (secondary N) is 1. The molecule has 130 valence electrons. The summed E-state index contributed by atoms with van der Waals surface area (Å²) in [4.78, 5) is 4.43. The van der Waals surface area contributed by atoms with Crippen LogP contribution in [0.4, 0.5) is 5.69 Å². The summed E-state index contributed by atoms with van der Waals surface area (Å²) in [6.45, 7) is 5.67. The molecule has 3 aromatic rings. The summed E-state index contributed by atoms with van der Waals surface area (Å²) in [6, 6.07) is 12.8. The Hall–Kier alpha value is -2.67. The second-order valence-electron chi connectivity index (χ2n) is 5.81. The molecule has 0 saturated heterocycles. The highest BCUT2D eigenvalue weighted by Gasteiger charge is 2.12. The van der Waals surface area contributed by atoms with Crippen LogP contribution in [-0.4, -0.2) is 24.3 Å². The molecule has 0 aliphatic rings. The molecule has 3 rings (SSSR count). The molecule has 1 aromatic heterocycles. The normalized spacial score (nSPS) is 11.5. The quantitative estimate of drug-likeness (QED) is 0.751. The van der Waals surface area contributed by atoms with Crippen molar-refractivity contribution in [3.05, 3.63) is 53.6 Å². The topological polar surface area (TPSA) is 85.1 Å². The molecule has 2 aromatic carbocycles. The molecule has 0 amide bonds. The summed E-state index contributed by atoms with van der Waals surface area (Å²) in [5.74, 6) is 0.936. The van der Waals surface area contributed by atoms with Crippen LogP contribution in [0.3, 0.4) is 0 Å². The monoisotopic (exact) mass is 357 g/mol. The van der Waals surface area contributed by atoms with Crippen molar-refractivity contribution in [1.82, 2.24) is 10.1 Å². The Morgan fingerprint density at radius 3 is 2.32 bits per heavy atom. The Balaban J connectivity index is 1.83. The van der Waals surface area contributed by atoms with Crippen molar-refractivity contribution in [3.63, 3.8) is 0 Å². The van der Waals surface area contributed by atoms with Crippen molar-refractivity contribution in [2.45, 2.75) is 20.8 Å². The minimum atomic E-state index is -3.29. The maximum absolute atomic E-state index is 11.6. The zero-order chi connectivity index (χ0) is 18.0. The van der Waals surface area contributed by atoms with Gasteiger partial charge in [-0.05, 0) is 68.3 Å². The SMILES string of the molecule is CCS(=O)(=O)Nc1ccc(-c2noc(-c3ccc(C)c(C)c3)n2)cc1. The summed E-state index contributed by atoms with van der Waals surface area (Å²) in [6.07, 6.45) is 0. The van der Waals surface area contributed by atoms with E-state index >= 15 is 0 Å². The minimum Gasteiger partial charge on any atom is -0.334 e. The third kappa shape index (κ3) is 3.88. The largest absolute Gasteiger partial charge is 0.334 e. The molecule has 1 heterocycles. The second kappa shape index (κ2) is 6.68. The van der Waals surface area contributed by atoms with Gasteiger partial charge >= 0.3 is 0 Å². The van der Waals surface area contributed by atoms with Crippen molar-refractivity contribution in [1.29, 1.82) is 0 Å². The first kappa shape index (κ1) is 17.2. The molecular formula is C18H19N3O3S. The minimum absolute atomic E-state index is 0.0267.